The van der Waals surface area contributed by atoms with Crippen molar-refractivity contribution in [3.05, 3.63) is 47.5 Å². The molecular weight excluding hydrogens is 426 g/mol. The van der Waals surface area contributed by atoms with E-state index in [0.717, 1.165) is 28.0 Å². The first-order valence-electron chi connectivity index (χ1n) is 10.7. The molecular formula is C24H29N3O6. The number of carbonyl (C=O) groups excluding carboxylic acids is 1. The highest BCUT2D eigenvalue weighted by Crippen LogP contribution is 2.30. The molecule has 9 nitrogen and oxygen atoms in total. The Morgan fingerprint density at radius 2 is 1.79 bits per heavy atom. The van der Waals surface area contributed by atoms with Crippen molar-refractivity contribution in [1.82, 2.24) is 15.5 Å². The molecule has 9 heteroatoms. The summed E-state index contributed by atoms with van der Waals surface area (Å²) in [6.07, 6.45) is -0.809. The second-order valence-electron chi connectivity index (χ2n) is 7.98. The summed E-state index contributed by atoms with van der Waals surface area (Å²) in [6.45, 7) is 7.09. The largest absolute Gasteiger partial charge is 0.491 e. The van der Waals surface area contributed by atoms with Crippen molar-refractivity contribution in [3.8, 4) is 34.3 Å². The average Bonchev–Trinajstić information content (AvgIpc) is 3.27. The smallest absolute Gasteiger partial charge is 0.258 e. The molecule has 33 heavy (non-hydrogen) atoms. The van der Waals surface area contributed by atoms with E-state index < -0.39 is 18.6 Å². The summed E-state index contributed by atoms with van der Waals surface area (Å²) in [5.41, 5.74) is 3.26. The van der Waals surface area contributed by atoms with Crippen LogP contribution in [0.2, 0.25) is 0 Å². The molecule has 0 spiro atoms. The maximum absolute atomic E-state index is 11.1. The summed E-state index contributed by atoms with van der Waals surface area (Å²) in [5.74, 6) is 1.72. The van der Waals surface area contributed by atoms with Crippen LogP contribution < -0.4 is 14.8 Å². The topological polar surface area (TPSA) is 127 Å². The number of aromatic nitrogens is 2. The highest BCUT2D eigenvalue weighted by molar-refractivity contribution is 5.76. The molecule has 3 N–H and O–H groups in total. The number of benzene rings is 2. The predicted octanol–water partition coefficient (Wildman–Crippen LogP) is 2.66. The van der Waals surface area contributed by atoms with Gasteiger partial charge in [0.15, 0.2) is 0 Å². The van der Waals surface area contributed by atoms with Crippen LogP contribution in [0.3, 0.4) is 0 Å². The van der Waals surface area contributed by atoms with Crippen LogP contribution in [0, 0.1) is 13.8 Å². The molecule has 1 unspecified atom stereocenters. The summed E-state index contributed by atoms with van der Waals surface area (Å²) in [6, 6.07) is 11.2. The van der Waals surface area contributed by atoms with Gasteiger partial charge in [0, 0.05) is 17.7 Å². The first kappa shape index (κ1) is 24.2. The third-order valence-corrected chi connectivity index (χ3v) is 4.72. The minimum atomic E-state index is -0.906. The number of aryl methyl sites for hydroxylation is 2. The Bertz CT molecular complexity index is 1060. The lowest BCUT2D eigenvalue weighted by atomic mass is 10.1. The van der Waals surface area contributed by atoms with Crippen molar-refractivity contribution in [2.75, 3.05) is 19.8 Å². The maximum Gasteiger partial charge on any atom is 0.258 e. The zero-order valence-electron chi connectivity index (χ0n) is 19.2. The number of aliphatic hydroxyl groups is 2. The lowest BCUT2D eigenvalue weighted by Gasteiger charge is -2.16. The SMILES string of the molecule is Cc1cc(-c2noc(-c3ccc(OC(C)C)cc3)n2)cc(C)c1OCC(O)CNC(=O)CO. The molecule has 0 radical (unpaired) electrons. The molecule has 2 aromatic carbocycles. The molecule has 0 bridgehead atoms. The molecule has 0 aliphatic rings. The Morgan fingerprint density at radius 3 is 2.39 bits per heavy atom. The molecule has 176 valence electrons. The highest BCUT2D eigenvalue weighted by atomic mass is 16.5. The molecule has 0 fully saturated rings. The van der Waals surface area contributed by atoms with Gasteiger partial charge in [-0.05, 0) is 75.2 Å². The van der Waals surface area contributed by atoms with Crippen molar-refractivity contribution >= 4 is 5.91 Å². The van der Waals surface area contributed by atoms with Crippen LogP contribution >= 0.6 is 0 Å². The molecule has 3 rings (SSSR count). The molecule has 1 amide bonds. The van der Waals surface area contributed by atoms with E-state index in [1.165, 1.54) is 0 Å². The molecule has 0 saturated carbocycles. The summed E-state index contributed by atoms with van der Waals surface area (Å²) in [5, 5.41) is 25.2. The third-order valence-electron chi connectivity index (χ3n) is 4.72. The summed E-state index contributed by atoms with van der Waals surface area (Å²) in [4.78, 5) is 15.6. The predicted molar refractivity (Wildman–Crippen MR) is 122 cm³/mol. The number of nitrogens with one attached hydrogen (secondary N) is 1. The second kappa shape index (κ2) is 10.9. The average molecular weight is 456 g/mol. The minimum Gasteiger partial charge on any atom is -0.491 e. The molecule has 1 atom stereocenters. The lowest BCUT2D eigenvalue weighted by Crippen LogP contribution is -2.36. The Labute approximate surface area is 192 Å². The Balaban J connectivity index is 1.68. The lowest BCUT2D eigenvalue weighted by molar-refractivity contribution is -0.124. The van der Waals surface area contributed by atoms with Crippen LogP contribution in [0.1, 0.15) is 25.0 Å². The van der Waals surface area contributed by atoms with Crippen molar-refractivity contribution in [2.24, 2.45) is 0 Å². The van der Waals surface area contributed by atoms with Gasteiger partial charge in [0.25, 0.3) is 5.89 Å². The molecule has 0 saturated heterocycles. The first-order chi connectivity index (χ1) is 15.8. The fourth-order valence-corrected chi connectivity index (χ4v) is 3.24. The number of amides is 1. The number of carbonyl (C=O) groups is 1. The van der Waals surface area contributed by atoms with Gasteiger partial charge in [-0.3, -0.25) is 4.79 Å². The van der Waals surface area contributed by atoms with E-state index in [1.54, 1.807) is 0 Å². The summed E-state index contributed by atoms with van der Waals surface area (Å²) < 4.78 is 16.9. The second-order valence-corrected chi connectivity index (χ2v) is 7.98. The fourth-order valence-electron chi connectivity index (χ4n) is 3.24. The number of aliphatic hydroxyl groups excluding tert-OH is 2. The standard InChI is InChI=1S/C24H29N3O6/c1-14(2)32-20-7-5-17(6-8-20)24-26-23(27-33-24)18-9-15(3)22(16(4)10-18)31-13-19(29)11-25-21(30)12-28/h5-10,14,19,28-29H,11-13H2,1-4H3,(H,25,30). The Hall–Kier alpha value is -3.43. The van der Waals surface area contributed by atoms with Gasteiger partial charge in [-0.2, -0.15) is 4.98 Å². The quantitative estimate of drug-likeness (QED) is 0.426. The van der Waals surface area contributed by atoms with Crippen LogP contribution in [0.4, 0.5) is 0 Å². The fraction of sp³-hybridized carbons (Fsp3) is 0.375. The molecule has 1 aromatic heterocycles. The van der Waals surface area contributed by atoms with Crippen LogP contribution in [0.25, 0.3) is 22.8 Å². The van der Waals surface area contributed by atoms with Crippen molar-refractivity contribution in [2.45, 2.75) is 39.9 Å². The van der Waals surface area contributed by atoms with Crippen molar-refractivity contribution in [3.63, 3.8) is 0 Å². The van der Waals surface area contributed by atoms with Crippen LogP contribution in [0.15, 0.2) is 40.9 Å². The van der Waals surface area contributed by atoms with Gasteiger partial charge < -0.3 is 29.5 Å². The number of ether oxygens (including phenoxy) is 2. The van der Waals surface area contributed by atoms with Gasteiger partial charge in [0.2, 0.25) is 11.7 Å². The summed E-state index contributed by atoms with van der Waals surface area (Å²) in [7, 11) is 0. The van der Waals surface area contributed by atoms with Gasteiger partial charge >= 0.3 is 0 Å². The van der Waals surface area contributed by atoms with Gasteiger partial charge in [-0.25, -0.2) is 0 Å². The normalized spacial score (nSPS) is 12.0. The zero-order valence-corrected chi connectivity index (χ0v) is 19.2. The van der Waals surface area contributed by atoms with E-state index in [2.05, 4.69) is 15.5 Å². The Kier molecular flexibility index (Phi) is 8.02. The summed E-state index contributed by atoms with van der Waals surface area (Å²) >= 11 is 0. The van der Waals surface area contributed by atoms with E-state index in [4.69, 9.17) is 19.1 Å². The van der Waals surface area contributed by atoms with E-state index in [-0.39, 0.29) is 19.3 Å². The van der Waals surface area contributed by atoms with Gasteiger partial charge in [0.05, 0.1) is 6.10 Å². The third kappa shape index (κ3) is 6.53. The molecule has 1 heterocycles. The zero-order chi connectivity index (χ0) is 24.0. The van der Waals surface area contributed by atoms with E-state index in [9.17, 15) is 9.90 Å². The van der Waals surface area contributed by atoms with Crippen LogP contribution in [-0.2, 0) is 4.79 Å². The molecule has 0 aliphatic carbocycles. The first-order valence-corrected chi connectivity index (χ1v) is 10.7. The number of hydrogen-bond donors (Lipinski definition) is 3. The van der Waals surface area contributed by atoms with Crippen LogP contribution in [0.5, 0.6) is 11.5 Å². The van der Waals surface area contributed by atoms with Gasteiger partial charge in [-0.1, -0.05) is 5.16 Å². The van der Waals surface area contributed by atoms with E-state index in [0.29, 0.717) is 17.5 Å². The van der Waals surface area contributed by atoms with E-state index in [1.807, 2.05) is 64.1 Å². The van der Waals surface area contributed by atoms with E-state index >= 15 is 0 Å². The Morgan fingerprint density at radius 1 is 1.12 bits per heavy atom. The van der Waals surface area contributed by atoms with Gasteiger partial charge in [0.1, 0.15) is 30.8 Å². The number of nitrogens with zero attached hydrogens (tertiary/aromatic N) is 2. The van der Waals surface area contributed by atoms with Crippen LogP contribution in [-0.4, -0.2) is 58.2 Å². The molecule has 3 aromatic rings. The van der Waals surface area contributed by atoms with Crippen molar-refractivity contribution < 1.29 is 29.0 Å². The minimum absolute atomic E-state index is 0.00435. The highest BCUT2D eigenvalue weighted by Gasteiger charge is 2.15. The maximum atomic E-state index is 11.1. The number of rotatable bonds is 10. The number of hydrogen-bond acceptors (Lipinski definition) is 8. The monoisotopic (exact) mass is 455 g/mol. The molecule has 0 aliphatic heterocycles. The van der Waals surface area contributed by atoms with Gasteiger partial charge in [-0.15, -0.1) is 0 Å². The van der Waals surface area contributed by atoms with Crippen molar-refractivity contribution in [1.29, 1.82) is 0 Å².